The van der Waals surface area contributed by atoms with E-state index in [4.69, 9.17) is 33.0 Å². The average Bonchev–Trinajstić information content (AvgIpc) is 2.37. The van der Waals surface area contributed by atoms with Crippen LogP contribution in [0.5, 0.6) is 0 Å². The Bertz CT molecular complexity index is 524. The molecule has 1 aromatic heterocycles. The normalized spacial score (nSPS) is 12.1. The highest BCUT2D eigenvalue weighted by molar-refractivity contribution is 7.89. The summed E-state index contributed by atoms with van der Waals surface area (Å²) in [7, 11) is -2.26. The van der Waals surface area contributed by atoms with Crippen molar-refractivity contribution in [3.05, 3.63) is 22.4 Å². The summed E-state index contributed by atoms with van der Waals surface area (Å²) in [5.41, 5.74) is 0. The van der Waals surface area contributed by atoms with Crippen molar-refractivity contribution in [2.45, 2.75) is 4.90 Å². The lowest BCUT2D eigenvalue weighted by Gasteiger charge is -2.17. The number of hydrogen-bond acceptors (Lipinski definition) is 5. The van der Waals surface area contributed by atoms with Gasteiger partial charge in [0.05, 0.1) is 24.8 Å². The quantitative estimate of drug-likeness (QED) is 0.597. The van der Waals surface area contributed by atoms with Crippen molar-refractivity contribution in [1.82, 2.24) is 9.29 Å². The van der Waals surface area contributed by atoms with Gasteiger partial charge in [0.25, 0.3) is 0 Å². The Morgan fingerprint density at radius 1 is 1.42 bits per heavy atom. The van der Waals surface area contributed by atoms with E-state index in [-0.39, 0.29) is 41.4 Å². The summed E-state index contributed by atoms with van der Waals surface area (Å²) in [6, 6.07) is 1.25. The van der Waals surface area contributed by atoms with E-state index in [1.54, 1.807) is 0 Å². The second kappa shape index (κ2) is 7.37. The lowest BCUT2D eigenvalue weighted by molar-refractivity contribution is 0.0876. The Hall–Kier alpha value is -0.440. The maximum absolute atomic E-state index is 12.1. The largest absolute Gasteiger partial charge is 0.394 e. The Kier molecular flexibility index (Phi) is 6.45. The molecule has 1 rings (SSSR count). The smallest absolute Gasteiger partial charge is 0.244 e. The molecule has 1 aromatic rings. The van der Waals surface area contributed by atoms with Gasteiger partial charge in [0.1, 0.15) is 10.0 Å². The number of aliphatic hydroxyl groups is 1. The molecule has 0 unspecified atom stereocenters. The third-order valence-electron chi connectivity index (χ3n) is 2.27. The van der Waals surface area contributed by atoms with E-state index in [0.29, 0.717) is 0 Å². The molecule has 19 heavy (non-hydrogen) atoms. The van der Waals surface area contributed by atoms with Gasteiger partial charge in [-0.1, -0.05) is 23.2 Å². The maximum Gasteiger partial charge on any atom is 0.244 e. The molecule has 0 aliphatic rings. The molecule has 0 amide bonds. The van der Waals surface area contributed by atoms with Crippen LogP contribution in [0.1, 0.15) is 0 Å². The molecule has 0 bridgehead atoms. The van der Waals surface area contributed by atoms with Gasteiger partial charge in [0.2, 0.25) is 10.0 Å². The number of nitrogens with zero attached hydrogens (tertiary/aromatic N) is 2. The highest BCUT2D eigenvalue weighted by Gasteiger charge is 2.21. The van der Waals surface area contributed by atoms with Gasteiger partial charge >= 0.3 is 0 Å². The van der Waals surface area contributed by atoms with Crippen molar-refractivity contribution in [2.24, 2.45) is 0 Å². The summed E-state index contributed by atoms with van der Waals surface area (Å²) >= 11 is 11.4. The average molecular weight is 329 g/mol. The standard InChI is InChI=1S/C10H14Cl2N2O4S/c1-14(2-4-18-5-3-15)19(16,17)8-6-9(11)10(12)13-7-8/h6-7,15H,2-5H2,1H3. The van der Waals surface area contributed by atoms with Gasteiger partial charge in [-0.15, -0.1) is 0 Å². The molecule has 0 fully saturated rings. The molecular weight excluding hydrogens is 315 g/mol. The summed E-state index contributed by atoms with van der Waals surface area (Å²) in [5, 5.41) is 8.66. The van der Waals surface area contributed by atoms with Crippen molar-refractivity contribution >= 4 is 33.2 Å². The Balaban J connectivity index is 2.76. The number of ether oxygens (including phenoxy) is 1. The number of hydrogen-bond donors (Lipinski definition) is 1. The van der Waals surface area contributed by atoms with Gasteiger partial charge in [-0.3, -0.25) is 0 Å². The lowest BCUT2D eigenvalue weighted by Crippen LogP contribution is -2.30. The van der Waals surface area contributed by atoms with E-state index in [2.05, 4.69) is 4.98 Å². The van der Waals surface area contributed by atoms with Crippen LogP contribution in [0.2, 0.25) is 10.2 Å². The zero-order valence-corrected chi connectivity index (χ0v) is 12.5. The highest BCUT2D eigenvalue weighted by Crippen LogP contribution is 2.23. The van der Waals surface area contributed by atoms with E-state index in [1.807, 2.05) is 0 Å². The van der Waals surface area contributed by atoms with Gasteiger partial charge in [0, 0.05) is 19.8 Å². The van der Waals surface area contributed by atoms with E-state index >= 15 is 0 Å². The zero-order valence-electron chi connectivity index (χ0n) is 10.2. The van der Waals surface area contributed by atoms with E-state index < -0.39 is 10.0 Å². The summed E-state index contributed by atoms with van der Waals surface area (Å²) in [4.78, 5) is 3.66. The summed E-state index contributed by atoms with van der Waals surface area (Å²) in [6.07, 6.45) is 1.15. The predicted molar refractivity (Wildman–Crippen MR) is 72.0 cm³/mol. The Morgan fingerprint density at radius 3 is 2.68 bits per heavy atom. The number of likely N-dealkylation sites (N-methyl/N-ethyl adjacent to an activating group) is 1. The fourth-order valence-electron chi connectivity index (χ4n) is 1.20. The van der Waals surface area contributed by atoms with Crippen LogP contribution < -0.4 is 0 Å². The molecule has 1 N–H and O–H groups in total. The SMILES string of the molecule is CN(CCOCCO)S(=O)(=O)c1cnc(Cl)c(Cl)c1. The van der Waals surface area contributed by atoms with Gasteiger partial charge in [-0.25, -0.2) is 13.4 Å². The van der Waals surface area contributed by atoms with E-state index in [1.165, 1.54) is 13.1 Å². The second-order valence-electron chi connectivity index (χ2n) is 3.61. The van der Waals surface area contributed by atoms with Crippen molar-refractivity contribution in [3.8, 4) is 0 Å². The predicted octanol–water partition coefficient (Wildman–Crippen LogP) is 1.02. The molecule has 108 valence electrons. The molecule has 0 spiro atoms. The van der Waals surface area contributed by atoms with Crippen LogP contribution in [-0.2, 0) is 14.8 Å². The second-order valence-corrected chi connectivity index (χ2v) is 6.42. The molecule has 9 heteroatoms. The number of pyridine rings is 1. The molecule has 0 aromatic carbocycles. The molecule has 0 saturated heterocycles. The molecule has 1 heterocycles. The third-order valence-corrected chi connectivity index (χ3v) is 4.77. The van der Waals surface area contributed by atoms with Crippen molar-refractivity contribution in [3.63, 3.8) is 0 Å². The minimum Gasteiger partial charge on any atom is -0.394 e. The van der Waals surface area contributed by atoms with Crippen LogP contribution in [0.3, 0.4) is 0 Å². The van der Waals surface area contributed by atoms with Crippen molar-refractivity contribution in [1.29, 1.82) is 0 Å². The Morgan fingerprint density at radius 2 is 2.11 bits per heavy atom. The van der Waals surface area contributed by atoms with Gasteiger partial charge in [0.15, 0.2) is 0 Å². The van der Waals surface area contributed by atoms with Gasteiger partial charge in [-0.2, -0.15) is 4.31 Å². The van der Waals surface area contributed by atoms with Crippen LogP contribution in [0.4, 0.5) is 0 Å². The van der Waals surface area contributed by atoms with Crippen LogP contribution >= 0.6 is 23.2 Å². The fraction of sp³-hybridized carbons (Fsp3) is 0.500. The summed E-state index contributed by atoms with van der Waals surface area (Å²) in [5.74, 6) is 0. The van der Waals surface area contributed by atoms with Crippen molar-refractivity contribution < 1.29 is 18.3 Å². The Labute approximate surface area is 122 Å². The number of halogens is 2. The van der Waals surface area contributed by atoms with Crippen LogP contribution in [-0.4, -0.2) is 56.2 Å². The monoisotopic (exact) mass is 328 g/mol. The first-order chi connectivity index (χ1) is 8.89. The molecule has 0 aliphatic carbocycles. The third kappa shape index (κ3) is 4.55. The fourth-order valence-corrected chi connectivity index (χ4v) is 2.67. The van der Waals surface area contributed by atoms with Crippen molar-refractivity contribution in [2.75, 3.05) is 33.4 Å². The minimum atomic E-state index is -3.68. The van der Waals surface area contributed by atoms with E-state index in [0.717, 1.165) is 10.5 Å². The molecule has 6 nitrogen and oxygen atoms in total. The van der Waals surface area contributed by atoms with Gasteiger partial charge in [-0.05, 0) is 6.07 Å². The molecule has 0 aliphatic heterocycles. The van der Waals surface area contributed by atoms with Crippen LogP contribution in [0.15, 0.2) is 17.2 Å². The summed E-state index contributed by atoms with van der Waals surface area (Å²) < 4.78 is 30.4. The number of aliphatic hydroxyl groups excluding tert-OH is 1. The first kappa shape index (κ1) is 16.6. The molecule has 0 radical (unpaired) electrons. The van der Waals surface area contributed by atoms with Crippen LogP contribution in [0.25, 0.3) is 0 Å². The number of rotatable bonds is 7. The first-order valence-corrected chi connectivity index (χ1v) is 7.55. The number of sulfonamides is 1. The number of aromatic nitrogens is 1. The topological polar surface area (TPSA) is 79.7 Å². The lowest BCUT2D eigenvalue weighted by atomic mass is 10.5. The molecule has 0 saturated carbocycles. The highest BCUT2D eigenvalue weighted by atomic mass is 35.5. The van der Waals surface area contributed by atoms with Gasteiger partial charge < -0.3 is 9.84 Å². The van der Waals surface area contributed by atoms with Crippen LogP contribution in [0, 0.1) is 0 Å². The molecule has 0 atom stereocenters. The zero-order chi connectivity index (χ0) is 14.5. The minimum absolute atomic E-state index is 0.0356. The molecular formula is C10H14Cl2N2O4S. The maximum atomic E-state index is 12.1. The summed E-state index contributed by atoms with van der Waals surface area (Å²) in [6.45, 7) is 0.406. The first-order valence-electron chi connectivity index (χ1n) is 5.35. The van der Waals surface area contributed by atoms with E-state index in [9.17, 15) is 8.42 Å².